The first-order chi connectivity index (χ1) is 11.8. The number of nitrogens with one attached hydrogen (secondary N) is 1. The van der Waals surface area contributed by atoms with E-state index in [4.69, 9.17) is 14.2 Å². The summed E-state index contributed by atoms with van der Waals surface area (Å²) >= 11 is 0. The molecule has 0 bridgehead atoms. The zero-order valence-electron chi connectivity index (χ0n) is 13.7. The highest BCUT2D eigenvalue weighted by Gasteiger charge is 2.19. The Hall–Kier alpha value is -2.53. The second kappa shape index (κ2) is 7.84. The molecule has 0 aromatic heterocycles. The van der Waals surface area contributed by atoms with E-state index in [2.05, 4.69) is 5.32 Å². The summed E-state index contributed by atoms with van der Waals surface area (Å²) in [4.78, 5) is 12.4. The number of rotatable bonds is 5. The second-order valence-electron chi connectivity index (χ2n) is 5.58. The molecule has 24 heavy (non-hydrogen) atoms. The number of hydrogen-bond donors (Lipinski definition) is 1. The van der Waals surface area contributed by atoms with Gasteiger partial charge in [0.2, 0.25) is 0 Å². The summed E-state index contributed by atoms with van der Waals surface area (Å²) in [5, 5.41) is 2.91. The van der Waals surface area contributed by atoms with E-state index < -0.39 is 6.10 Å². The largest absolute Gasteiger partial charge is 0.490 e. The number of fused-ring (bicyclic) bond motifs is 1. The minimum Gasteiger partial charge on any atom is -0.490 e. The minimum absolute atomic E-state index is 0.171. The Kier molecular flexibility index (Phi) is 5.33. The van der Waals surface area contributed by atoms with Crippen LogP contribution in [0.1, 0.15) is 23.7 Å². The van der Waals surface area contributed by atoms with Gasteiger partial charge >= 0.3 is 0 Å². The predicted octanol–water partition coefficient (Wildman–Crippen LogP) is 2.85. The van der Waals surface area contributed by atoms with Crippen LogP contribution in [-0.4, -0.2) is 26.2 Å². The van der Waals surface area contributed by atoms with Gasteiger partial charge in [0.25, 0.3) is 5.91 Å². The van der Waals surface area contributed by atoms with Crippen molar-refractivity contribution in [1.82, 2.24) is 5.32 Å². The topological polar surface area (TPSA) is 56.8 Å². The van der Waals surface area contributed by atoms with Crippen LogP contribution in [-0.2, 0) is 16.1 Å². The normalized spacial score (nSPS) is 14.5. The Balaban J connectivity index is 1.64. The number of benzene rings is 2. The van der Waals surface area contributed by atoms with E-state index >= 15 is 0 Å². The van der Waals surface area contributed by atoms with Crippen LogP contribution in [0.4, 0.5) is 0 Å². The van der Waals surface area contributed by atoms with E-state index in [1.165, 1.54) is 7.11 Å². The maximum atomic E-state index is 12.4. The Morgan fingerprint density at radius 3 is 2.62 bits per heavy atom. The zero-order valence-corrected chi connectivity index (χ0v) is 13.7. The van der Waals surface area contributed by atoms with Crippen LogP contribution in [0.5, 0.6) is 11.5 Å². The van der Waals surface area contributed by atoms with Crippen LogP contribution in [0.15, 0.2) is 48.5 Å². The molecule has 2 aromatic rings. The van der Waals surface area contributed by atoms with Crippen molar-refractivity contribution in [2.24, 2.45) is 0 Å². The first kappa shape index (κ1) is 16.3. The standard InChI is InChI=1S/C19H21NO4/c1-22-18(15-6-3-2-4-7-15)19(21)20-13-14-8-9-16-17(12-14)24-11-5-10-23-16/h2-4,6-9,12,18H,5,10-11,13H2,1H3,(H,20,21)/t18-/m0/s1. The zero-order chi connectivity index (χ0) is 16.8. The molecule has 1 atom stereocenters. The van der Waals surface area contributed by atoms with E-state index in [9.17, 15) is 4.79 Å². The molecule has 0 spiro atoms. The highest BCUT2D eigenvalue weighted by atomic mass is 16.5. The molecule has 2 aromatic carbocycles. The van der Waals surface area contributed by atoms with Gasteiger partial charge in [0.15, 0.2) is 17.6 Å². The monoisotopic (exact) mass is 327 g/mol. The molecule has 126 valence electrons. The van der Waals surface area contributed by atoms with Gasteiger partial charge in [0, 0.05) is 20.1 Å². The molecule has 0 radical (unpaired) electrons. The first-order valence-electron chi connectivity index (χ1n) is 8.02. The highest BCUT2D eigenvalue weighted by Crippen LogP contribution is 2.30. The highest BCUT2D eigenvalue weighted by molar-refractivity contribution is 5.82. The molecule has 0 unspecified atom stereocenters. The fraction of sp³-hybridized carbons (Fsp3) is 0.316. The van der Waals surface area contributed by atoms with Gasteiger partial charge in [-0.3, -0.25) is 4.79 Å². The van der Waals surface area contributed by atoms with Crippen LogP contribution >= 0.6 is 0 Å². The van der Waals surface area contributed by atoms with Crippen molar-refractivity contribution in [1.29, 1.82) is 0 Å². The Bertz CT molecular complexity index is 687. The lowest BCUT2D eigenvalue weighted by Gasteiger charge is -2.16. The summed E-state index contributed by atoms with van der Waals surface area (Å²) < 4.78 is 16.6. The van der Waals surface area contributed by atoms with Crippen molar-refractivity contribution >= 4 is 5.91 Å². The summed E-state index contributed by atoms with van der Waals surface area (Å²) in [6.45, 7) is 1.71. The molecule has 1 amide bonds. The average molecular weight is 327 g/mol. The van der Waals surface area contributed by atoms with Crippen LogP contribution < -0.4 is 14.8 Å². The van der Waals surface area contributed by atoms with Gasteiger partial charge in [0.1, 0.15) is 0 Å². The third kappa shape index (κ3) is 3.86. The molecule has 0 saturated carbocycles. The fourth-order valence-electron chi connectivity index (χ4n) is 2.62. The number of carbonyl (C=O) groups is 1. The number of hydrogen-bond acceptors (Lipinski definition) is 4. The maximum Gasteiger partial charge on any atom is 0.254 e. The third-order valence-corrected chi connectivity index (χ3v) is 3.85. The quantitative estimate of drug-likeness (QED) is 0.917. The number of methoxy groups -OCH3 is 1. The van der Waals surface area contributed by atoms with Gasteiger partial charge in [-0.05, 0) is 23.3 Å². The Morgan fingerprint density at radius 1 is 1.12 bits per heavy atom. The van der Waals surface area contributed by atoms with E-state index in [0.717, 1.165) is 29.0 Å². The average Bonchev–Trinajstić information content (AvgIpc) is 2.86. The lowest BCUT2D eigenvalue weighted by molar-refractivity contribution is -0.131. The van der Waals surface area contributed by atoms with Gasteiger partial charge in [0.05, 0.1) is 13.2 Å². The lowest BCUT2D eigenvalue weighted by atomic mass is 10.1. The Labute approximate surface area is 141 Å². The van der Waals surface area contributed by atoms with Crippen molar-refractivity contribution in [3.63, 3.8) is 0 Å². The summed E-state index contributed by atoms with van der Waals surface area (Å²) in [6, 6.07) is 15.2. The molecular weight excluding hydrogens is 306 g/mol. The van der Waals surface area contributed by atoms with E-state index in [-0.39, 0.29) is 5.91 Å². The molecule has 0 fully saturated rings. The van der Waals surface area contributed by atoms with Gasteiger partial charge in [-0.15, -0.1) is 0 Å². The van der Waals surface area contributed by atoms with Gasteiger partial charge in [-0.25, -0.2) is 0 Å². The molecule has 1 heterocycles. The summed E-state index contributed by atoms with van der Waals surface area (Å²) in [7, 11) is 1.53. The van der Waals surface area contributed by atoms with Crippen molar-refractivity contribution in [3.8, 4) is 11.5 Å². The van der Waals surface area contributed by atoms with E-state index in [1.807, 2.05) is 48.5 Å². The Morgan fingerprint density at radius 2 is 1.88 bits per heavy atom. The molecule has 3 rings (SSSR count). The SMILES string of the molecule is CO[C@H](C(=O)NCc1ccc2c(c1)OCCCO2)c1ccccc1. The van der Waals surface area contributed by atoms with Gasteiger partial charge < -0.3 is 19.5 Å². The smallest absolute Gasteiger partial charge is 0.254 e. The van der Waals surface area contributed by atoms with Crippen LogP contribution in [0.3, 0.4) is 0 Å². The number of ether oxygens (including phenoxy) is 3. The van der Waals surface area contributed by atoms with Crippen LogP contribution in [0, 0.1) is 0 Å². The van der Waals surface area contributed by atoms with Crippen molar-refractivity contribution in [2.75, 3.05) is 20.3 Å². The molecular formula is C19H21NO4. The maximum absolute atomic E-state index is 12.4. The van der Waals surface area contributed by atoms with Gasteiger partial charge in [-0.2, -0.15) is 0 Å². The summed E-state index contributed by atoms with van der Waals surface area (Å²) in [5.74, 6) is 1.31. The van der Waals surface area contributed by atoms with Crippen LogP contribution in [0.2, 0.25) is 0 Å². The number of amides is 1. The van der Waals surface area contributed by atoms with E-state index in [0.29, 0.717) is 19.8 Å². The van der Waals surface area contributed by atoms with Crippen LogP contribution in [0.25, 0.3) is 0 Å². The molecule has 0 saturated heterocycles. The van der Waals surface area contributed by atoms with E-state index in [1.54, 1.807) is 0 Å². The fourth-order valence-corrected chi connectivity index (χ4v) is 2.62. The van der Waals surface area contributed by atoms with Crippen molar-refractivity contribution in [3.05, 3.63) is 59.7 Å². The second-order valence-corrected chi connectivity index (χ2v) is 5.58. The summed E-state index contributed by atoms with van der Waals surface area (Å²) in [6.07, 6.45) is 0.250. The molecule has 1 N–H and O–H groups in total. The molecule has 1 aliphatic rings. The third-order valence-electron chi connectivity index (χ3n) is 3.85. The molecule has 5 heteroatoms. The molecule has 0 aliphatic carbocycles. The first-order valence-corrected chi connectivity index (χ1v) is 8.02. The lowest BCUT2D eigenvalue weighted by Crippen LogP contribution is -2.29. The minimum atomic E-state index is -0.619. The van der Waals surface area contributed by atoms with Gasteiger partial charge in [-0.1, -0.05) is 36.4 Å². The number of carbonyl (C=O) groups excluding carboxylic acids is 1. The molecule has 1 aliphatic heterocycles. The summed E-state index contributed by atoms with van der Waals surface area (Å²) in [5.41, 5.74) is 1.78. The van der Waals surface area contributed by atoms with Crippen molar-refractivity contribution < 1.29 is 19.0 Å². The van der Waals surface area contributed by atoms with Crippen molar-refractivity contribution in [2.45, 2.75) is 19.1 Å². The molecule has 5 nitrogen and oxygen atoms in total. The predicted molar refractivity (Wildman–Crippen MR) is 90.1 cm³/mol.